The van der Waals surface area contributed by atoms with Crippen LogP contribution in [-0.2, 0) is 16.8 Å². The van der Waals surface area contributed by atoms with Crippen LogP contribution < -0.4 is 0 Å². The van der Waals surface area contributed by atoms with E-state index in [1.54, 1.807) is 0 Å². The zero-order valence-electron chi connectivity index (χ0n) is 21.7. The SMILES string of the molecule is CC(C)c1ccc(C2OC3(CCCC3C)c3c4c(nc(C(C)C)c32)CC2(CCC2)CC4O)cc1. The van der Waals surface area contributed by atoms with E-state index in [0.717, 1.165) is 24.8 Å². The molecule has 0 radical (unpaired) electrons. The maximum atomic E-state index is 11.6. The zero-order valence-corrected chi connectivity index (χ0v) is 21.7. The molecule has 2 saturated carbocycles. The molecule has 4 atom stereocenters. The molecule has 3 heteroatoms. The van der Waals surface area contributed by atoms with E-state index < -0.39 is 6.10 Å². The quantitative estimate of drug-likeness (QED) is 0.513. The van der Waals surface area contributed by atoms with Crippen molar-refractivity contribution in [3.63, 3.8) is 0 Å². The second-order valence-corrected chi connectivity index (χ2v) is 12.6. The van der Waals surface area contributed by atoms with Crippen molar-refractivity contribution in [3.8, 4) is 0 Å². The number of hydrogen-bond donors (Lipinski definition) is 1. The molecule has 1 aliphatic heterocycles. The third-order valence-corrected chi connectivity index (χ3v) is 9.74. The molecule has 6 rings (SSSR count). The number of benzene rings is 1. The minimum atomic E-state index is -0.415. The smallest absolute Gasteiger partial charge is 0.111 e. The Morgan fingerprint density at radius 1 is 0.971 bits per heavy atom. The van der Waals surface area contributed by atoms with Gasteiger partial charge in [0, 0.05) is 22.5 Å². The Kier molecular flexibility index (Phi) is 5.28. The largest absolute Gasteiger partial charge is 0.388 e. The fourth-order valence-corrected chi connectivity index (χ4v) is 7.65. The molecule has 1 aromatic carbocycles. The molecular weight excluding hydrogens is 418 g/mol. The van der Waals surface area contributed by atoms with Gasteiger partial charge in [0.25, 0.3) is 0 Å². The highest BCUT2D eigenvalue weighted by atomic mass is 16.5. The molecule has 0 bridgehead atoms. The molecular formula is C31H41NO2. The van der Waals surface area contributed by atoms with Crippen molar-refractivity contribution in [2.24, 2.45) is 11.3 Å². The predicted molar refractivity (Wildman–Crippen MR) is 136 cm³/mol. The van der Waals surface area contributed by atoms with Crippen LogP contribution in [0.2, 0.25) is 0 Å². The topological polar surface area (TPSA) is 42.4 Å². The molecule has 2 fully saturated rings. The molecule has 34 heavy (non-hydrogen) atoms. The molecule has 2 aromatic rings. The van der Waals surface area contributed by atoms with Gasteiger partial charge in [-0.2, -0.15) is 0 Å². The average molecular weight is 460 g/mol. The van der Waals surface area contributed by atoms with Crippen LogP contribution in [0, 0.1) is 11.3 Å². The number of hydrogen-bond acceptors (Lipinski definition) is 3. The first-order chi connectivity index (χ1) is 16.2. The van der Waals surface area contributed by atoms with Crippen molar-refractivity contribution in [3.05, 3.63) is 63.5 Å². The van der Waals surface area contributed by atoms with Crippen molar-refractivity contribution in [2.45, 2.75) is 116 Å². The summed E-state index contributed by atoms with van der Waals surface area (Å²) in [6, 6.07) is 9.07. The maximum Gasteiger partial charge on any atom is 0.111 e. The summed E-state index contributed by atoms with van der Waals surface area (Å²) in [4.78, 5) is 5.37. The molecule has 0 amide bonds. The first kappa shape index (κ1) is 22.7. The Hall–Kier alpha value is -1.71. The van der Waals surface area contributed by atoms with E-state index in [0.29, 0.717) is 17.8 Å². The van der Waals surface area contributed by atoms with Crippen molar-refractivity contribution in [2.75, 3.05) is 0 Å². The molecule has 1 N–H and O–H groups in total. The predicted octanol–water partition coefficient (Wildman–Crippen LogP) is 7.61. The summed E-state index contributed by atoms with van der Waals surface area (Å²) in [5, 5.41) is 11.6. The van der Waals surface area contributed by atoms with Gasteiger partial charge >= 0.3 is 0 Å². The Morgan fingerprint density at radius 2 is 1.71 bits per heavy atom. The summed E-state index contributed by atoms with van der Waals surface area (Å²) in [7, 11) is 0. The van der Waals surface area contributed by atoms with Crippen LogP contribution in [0.3, 0.4) is 0 Å². The molecule has 1 aromatic heterocycles. The Morgan fingerprint density at radius 3 is 2.26 bits per heavy atom. The van der Waals surface area contributed by atoms with E-state index in [2.05, 4.69) is 58.9 Å². The third kappa shape index (κ3) is 3.19. The van der Waals surface area contributed by atoms with Crippen LogP contribution in [0.5, 0.6) is 0 Å². The standard InChI is InChI=1S/C31H41NO2/c1-18(2)21-9-11-22(12-10-21)29-26-27(31(34-29)15-6-8-20(31)5)25-23(32-28(26)19(3)4)16-30(13-7-14-30)17-24(25)33/h9-12,18-20,24,29,33H,6-8,13-17H2,1-5H3. The summed E-state index contributed by atoms with van der Waals surface area (Å²) in [5.74, 6) is 1.29. The van der Waals surface area contributed by atoms with Crippen LogP contribution in [0.25, 0.3) is 0 Å². The second-order valence-electron chi connectivity index (χ2n) is 12.6. The zero-order chi connectivity index (χ0) is 23.8. The van der Waals surface area contributed by atoms with Gasteiger partial charge in [0.1, 0.15) is 6.10 Å². The van der Waals surface area contributed by atoms with Gasteiger partial charge in [0.15, 0.2) is 0 Å². The fraction of sp³-hybridized carbons (Fsp3) is 0.645. The number of rotatable bonds is 3. The monoisotopic (exact) mass is 459 g/mol. The van der Waals surface area contributed by atoms with Gasteiger partial charge in [-0.15, -0.1) is 0 Å². The van der Waals surface area contributed by atoms with Crippen LogP contribution in [0.15, 0.2) is 24.3 Å². The molecule has 182 valence electrons. The minimum absolute atomic E-state index is 0.0984. The number of fused-ring (bicyclic) bond motifs is 4. The Labute approximate surface area is 205 Å². The van der Waals surface area contributed by atoms with Crippen LogP contribution in [0.1, 0.15) is 143 Å². The number of aromatic nitrogens is 1. The van der Waals surface area contributed by atoms with Crippen molar-refractivity contribution < 1.29 is 9.84 Å². The Balaban J connectivity index is 1.58. The molecule has 4 unspecified atom stereocenters. The summed E-state index contributed by atoms with van der Waals surface area (Å²) >= 11 is 0. The van der Waals surface area contributed by atoms with Crippen LogP contribution in [0.4, 0.5) is 0 Å². The highest BCUT2D eigenvalue weighted by Gasteiger charge is 2.56. The van der Waals surface area contributed by atoms with Crippen molar-refractivity contribution >= 4 is 0 Å². The lowest BCUT2D eigenvalue weighted by Crippen LogP contribution is -2.40. The van der Waals surface area contributed by atoms with Crippen LogP contribution in [-0.4, -0.2) is 10.1 Å². The fourth-order valence-electron chi connectivity index (χ4n) is 7.65. The highest BCUT2D eigenvalue weighted by molar-refractivity contribution is 5.55. The van der Waals surface area contributed by atoms with Gasteiger partial charge in [-0.25, -0.2) is 0 Å². The first-order valence-corrected chi connectivity index (χ1v) is 13.8. The summed E-state index contributed by atoms with van der Waals surface area (Å²) < 4.78 is 7.23. The average Bonchev–Trinajstić information content (AvgIpc) is 3.32. The second kappa shape index (κ2) is 7.90. The number of aliphatic hydroxyl groups excluding tert-OH is 1. The molecule has 3 aliphatic carbocycles. The highest BCUT2D eigenvalue weighted by Crippen LogP contribution is 2.62. The van der Waals surface area contributed by atoms with E-state index in [9.17, 15) is 5.11 Å². The molecule has 2 heterocycles. The van der Waals surface area contributed by atoms with E-state index in [1.807, 2.05) is 0 Å². The van der Waals surface area contributed by atoms with Gasteiger partial charge in [-0.05, 0) is 84.8 Å². The van der Waals surface area contributed by atoms with Crippen molar-refractivity contribution in [1.82, 2.24) is 4.98 Å². The van der Waals surface area contributed by atoms with Gasteiger partial charge in [-0.1, -0.05) is 65.3 Å². The van der Waals surface area contributed by atoms with Crippen molar-refractivity contribution in [1.29, 1.82) is 0 Å². The number of pyridine rings is 1. The number of nitrogens with zero attached hydrogens (tertiary/aromatic N) is 1. The van der Waals surface area contributed by atoms with Gasteiger partial charge < -0.3 is 9.84 Å². The molecule has 3 nitrogen and oxygen atoms in total. The number of ether oxygens (including phenoxy) is 1. The van der Waals surface area contributed by atoms with Gasteiger partial charge in [0.05, 0.1) is 11.7 Å². The summed E-state index contributed by atoms with van der Waals surface area (Å²) in [6.07, 6.45) is 8.61. The van der Waals surface area contributed by atoms with E-state index in [-0.39, 0.29) is 17.1 Å². The lowest BCUT2D eigenvalue weighted by molar-refractivity contribution is -0.0846. The third-order valence-electron chi connectivity index (χ3n) is 9.74. The van der Waals surface area contributed by atoms with E-state index in [4.69, 9.17) is 9.72 Å². The minimum Gasteiger partial charge on any atom is -0.388 e. The van der Waals surface area contributed by atoms with Gasteiger partial charge in [-0.3, -0.25) is 4.98 Å². The van der Waals surface area contributed by atoms with Crippen LogP contribution >= 0.6 is 0 Å². The number of aliphatic hydroxyl groups is 1. The lowest BCUT2D eigenvalue weighted by atomic mass is 9.58. The first-order valence-electron chi connectivity index (χ1n) is 13.8. The summed E-state index contributed by atoms with van der Waals surface area (Å²) in [5.41, 5.74) is 8.72. The molecule has 0 saturated heterocycles. The summed E-state index contributed by atoms with van der Waals surface area (Å²) in [6.45, 7) is 11.4. The Bertz CT molecular complexity index is 1100. The maximum absolute atomic E-state index is 11.6. The lowest BCUT2D eigenvalue weighted by Gasteiger charge is -2.48. The normalized spacial score (nSPS) is 31.4. The molecule has 4 aliphatic rings. The van der Waals surface area contributed by atoms with E-state index in [1.165, 1.54) is 65.7 Å². The van der Waals surface area contributed by atoms with Gasteiger partial charge in [0.2, 0.25) is 0 Å². The molecule has 2 spiro atoms. The van der Waals surface area contributed by atoms with E-state index >= 15 is 0 Å².